The molecule has 0 aliphatic carbocycles. The van der Waals surface area contributed by atoms with E-state index in [4.69, 9.17) is 9.47 Å². The number of Topliss-reactive ketones (excluding diaryl/α,β-unsaturated/α-hetero) is 1. The summed E-state index contributed by atoms with van der Waals surface area (Å²) in [6.07, 6.45) is 0. The van der Waals surface area contributed by atoms with Crippen molar-refractivity contribution < 1.29 is 32.6 Å². The third kappa shape index (κ3) is 5.37. The SMILES string of the molecule is CC(=O)Nc1ccc(C(=O)COC(=O)COc2ccccc2F)c(F)c1. The van der Waals surface area contributed by atoms with Gasteiger partial charge in [-0.05, 0) is 30.3 Å². The number of amides is 1. The molecule has 0 aliphatic rings. The Bertz CT molecular complexity index is 838. The maximum absolute atomic E-state index is 13.9. The van der Waals surface area contributed by atoms with Gasteiger partial charge < -0.3 is 14.8 Å². The summed E-state index contributed by atoms with van der Waals surface area (Å²) in [5.41, 5.74) is -0.0937. The van der Waals surface area contributed by atoms with Gasteiger partial charge in [0.25, 0.3) is 0 Å². The summed E-state index contributed by atoms with van der Waals surface area (Å²) >= 11 is 0. The first-order valence-corrected chi connectivity index (χ1v) is 7.50. The number of hydrogen-bond acceptors (Lipinski definition) is 5. The Labute approximate surface area is 147 Å². The van der Waals surface area contributed by atoms with Gasteiger partial charge in [-0.15, -0.1) is 0 Å². The monoisotopic (exact) mass is 363 g/mol. The van der Waals surface area contributed by atoms with Crippen molar-refractivity contribution in [3.63, 3.8) is 0 Å². The molecule has 2 rings (SSSR count). The normalized spacial score (nSPS) is 10.1. The van der Waals surface area contributed by atoms with Gasteiger partial charge in [0.2, 0.25) is 11.7 Å². The summed E-state index contributed by atoms with van der Waals surface area (Å²) in [7, 11) is 0. The van der Waals surface area contributed by atoms with Gasteiger partial charge in [-0.25, -0.2) is 13.6 Å². The highest BCUT2D eigenvalue weighted by atomic mass is 19.1. The van der Waals surface area contributed by atoms with Crippen molar-refractivity contribution in [3.05, 3.63) is 59.7 Å². The van der Waals surface area contributed by atoms with Crippen LogP contribution in [0.25, 0.3) is 0 Å². The molecule has 0 fully saturated rings. The number of para-hydroxylation sites is 1. The molecule has 8 heteroatoms. The molecule has 136 valence electrons. The lowest BCUT2D eigenvalue weighted by Gasteiger charge is -2.08. The van der Waals surface area contributed by atoms with E-state index in [-0.39, 0.29) is 22.9 Å². The summed E-state index contributed by atoms with van der Waals surface area (Å²) in [5, 5.41) is 2.38. The number of carbonyl (C=O) groups is 3. The molecule has 1 N–H and O–H groups in total. The molecule has 0 unspecified atom stereocenters. The van der Waals surface area contributed by atoms with Gasteiger partial charge in [0, 0.05) is 12.6 Å². The first-order chi connectivity index (χ1) is 12.4. The van der Waals surface area contributed by atoms with Crippen molar-refractivity contribution in [1.29, 1.82) is 0 Å². The number of anilines is 1. The second kappa shape index (κ2) is 8.70. The number of benzene rings is 2. The molecule has 0 saturated carbocycles. The van der Waals surface area contributed by atoms with Crippen molar-refractivity contribution in [3.8, 4) is 5.75 Å². The van der Waals surface area contributed by atoms with Crippen LogP contribution in [-0.4, -0.2) is 30.9 Å². The Morgan fingerprint density at radius 1 is 1.00 bits per heavy atom. The van der Waals surface area contributed by atoms with E-state index in [1.807, 2.05) is 0 Å². The molecule has 0 saturated heterocycles. The Kier molecular flexibility index (Phi) is 6.37. The minimum Gasteiger partial charge on any atom is -0.479 e. The second-order valence-corrected chi connectivity index (χ2v) is 5.18. The van der Waals surface area contributed by atoms with Crippen LogP contribution >= 0.6 is 0 Å². The highest BCUT2D eigenvalue weighted by Gasteiger charge is 2.15. The van der Waals surface area contributed by atoms with E-state index in [0.717, 1.165) is 12.1 Å². The second-order valence-electron chi connectivity index (χ2n) is 5.18. The number of hydrogen-bond donors (Lipinski definition) is 1. The standard InChI is InChI=1S/C18H15F2NO5/c1-11(22)21-12-6-7-13(15(20)8-12)16(23)9-26-18(24)10-25-17-5-3-2-4-14(17)19/h2-8H,9-10H2,1H3,(H,21,22). The van der Waals surface area contributed by atoms with Gasteiger partial charge in [-0.2, -0.15) is 0 Å². The first-order valence-electron chi connectivity index (χ1n) is 7.50. The Balaban J connectivity index is 1.87. The average Bonchev–Trinajstić information content (AvgIpc) is 2.58. The maximum atomic E-state index is 13.9. The highest BCUT2D eigenvalue weighted by Crippen LogP contribution is 2.16. The molecule has 2 aromatic carbocycles. The Morgan fingerprint density at radius 3 is 2.38 bits per heavy atom. The summed E-state index contributed by atoms with van der Waals surface area (Å²) in [4.78, 5) is 34.4. The minimum atomic E-state index is -0.906. The molecule has 0 atom stereocenters. The van der Waals surface area contributed by atoms with Crippen LogP contribution in [0.2, 0.25) is 0 Å². The van der Waals surface area contributed by atoms with Crippen LogP contribution in [-0.2, 0) is 14.3 Å². The molecule has 0 radical (unpaired) electrons. The van der Waals surface area contributed by atoms with Crippen molar-refractivity contribution in [2.24, 2.45) is 0 Å². The molecule has 0 spiro atoms. The molecule has 0 aliphatic heterocycles. The van der Waals surface area contributed by atoms with Crippen LogP contribution in [0.3, 0.4) is 0 Å². The topological polar surface area (TPSA) is 81.7 Å². The van der Waals surface area contributed by atoms with Crippen LogP contribution in [0, 0.1) is 11.6 Å². The quantitative estimate of drug-likeness (QED) is 0.604. The van der Waals surface area contributed by atoms with E-state index >= 15 is 0 Å². The predicted molar refractivity (Wildman–Crippen MR) is 87.9 cm³/mol. The number of esters is 1. The average molecular weight is 363 g/mol. The number of carbonyl (C=O) groups excluding carboxylic acids is 3. The fraction of sp³-hybridized carbons (Fsp3) is 0.167. The number of nitrogens with one attached hydrogen (secondary N) is 1. The lowest BCUT2D eigenvalue weighted by molar-refractivity contribution is -0.144. The largest absolute Gasteiger partial charge is 0.479 e. The highest BCUT2D eigenvalue weighted by molar-refractivity contribution is 5.99. The van der Waals surface area contributed by atoms with Crippen LogP contribution in [0.1, 0.15) is 17.3 Å². The molecule has 26 heavy (non-hydrogen) atoms. The van der Waals surface area contributed by atoms with Crippen molar-refractivity contribution >= 4 is 23.3 Å². The fourth-order valence-corrected chi connectivity index (χ4v) is 1.99. The van der Waals surface area contributed by atoms with E-state index in [0.29, 0.717) is 0 Å². The van der Waals surface area contributed by atoms with E-state index in [1.54, 1.807) is 0 Å². The van der Waals surface area contributed by atoms with Crippen LogP contribution in [0.15, 0.2) is 42.5 Å². The van der Waals surface area contributed by atoms with Crippen molar-refractivity contribution in [1.82, 2.24) is 0 Å². The lowest BCUT2D eigenvalue weighted by atomic mass is 10.1. The molecular formula is C18H15F2NO5. The van der Waals surface area contributed by atoms with Gasteiger partial charge in [0.1, 0.15) is 5.82 Å². The molecule has 0 heterocycles. The number of rotatable bonds is 7. The molecule has 0 aromatic heterocycles. The number of ketones is 1. The van der Waals surface area contributed by atoms with E-state index in [1.165, 1.54) is 37.3 Å². The lowest BCUT2D eigenvalue weighted by Crippen LogP contribution is -2.20. The fourth-order valence-electron chi connectivity index (χ4n) is 1.99. The van der Waals surface area contributed by atoms with Gasteiger partial charge in [0.05, 0.1) is 5.56 Å². The maximum Gasteiger partial charge on any atom is 0.344 e. The van der Waals surface area contributed by atoms with Crippen LogP contribution < -0.4 is 10.1 Å². The zero-order valence-electron chi connectivity index (χ0n) is 13.8. The third-order valence-electron chi connectivity index (χ3n) is 3.14. The van der Waals surface area contributed by atoms with Crippen LogP contribution in [0.5, 0.6) is 5.75 Å². The number of ether oxygens (including phenoxy) is 2. The van der Waals surface area contributed by atoms with Gasteiger partial charge in [-0.3, -0.25) is 9.59 Å². The first kappa shape index (κ1) is 19.0. The molecule has 2 aromatic rings. The molecule has 6 nitrogen and oxygen atoms in total. The molecular weight excluding hydrogens is 348 g/mol. The van der Waals surface area contributed by atoms with E-state index in [2.05, 4.69) is 5.32 Å². The summed E-state index contributed by atoms with van der Waals surface area (Å²) in [6.45, 7) is -0.0339. The summed E-state index contributed by atoms with van der Waals surface area (Å²) in [5.74, 6) is -3.69. The molecule has 0 bridgehead atoms. The Hall–Kier alpha value is -3.29. The minimum absolute atomic E-state index is 0.129. The van der Waals surface area contributed by atoms with Gasteiger partial charge >= 0.3 is 5.97 Å². The van der Waals surface area contributed by atoms with Crippen molar-refractivity contribution in [2.75, 3.05) is 18.5 Å². The number of halogens is 2. The third-order valence-corrected chi connectivity index (χ3v) is 3.14. The zero-order valence-corrected chi connectivity index (χ0v) is 13.8. The van der Waals surface area contributed by atoms with Gasteiger partial charge in [-0.1, -0.05) is 12.1 Å². The van der Waals surface area contributed by atoms with Gasteiger partial charge in [0.15, 0.2) is 24.8 Å². The summed E-state index contributed by atoms with van der Waals surface area (Å²) < 4.78 is 36.9. The predicted octanol–water partition coefficient (Wildman–Crippen LogP) is 2.73. The van der Waals surface area contributed by atoms with E-state index in [9.17, 15) is 23.2 Å². The zero-order chi connectivity index (χ0) is 19.1. The van der Waals surface area contributed by atoms with Crippen LogP contribution in [0.4, 0.5) is 14.5 Å². The van der Waals surface area contributed by atoms with E-state index < -0.39 is 36.6 Å². The summed E-state index contributed by atoms with van der Waals surface area (Å²) in [6, 6.07) is 8.99. The smallest absolute Gasteiger partial charge is 0.344 e. The van der Waals surface area contributed by atoms with Crippen molar-refractivity contribution in [2.45, 2.75) is 6.92 Å². The Morgan fingerprint density at radius 2 is 1.73 bits per heavy atom. The molecule has 1 amide bonds.